The molecule has 5 rings (SSSR count). The molecule has 3 atom stereocenters. The molecule has 2 N–H and O–H groups in total. The van der Waals surface area contributed by atoms with E-state index in [1.54, 1.807) is 37.7 Å². The summed E-state index contributed by atoms with van der Waals surface area (Å²) in [6.45, 7) is 3.63. The summed E-state index contributed by atoms with van der Waals surface area (Å²) in [6.07, 6.45) is -1.67. The first kappa shape index (κ1) is 30.2. The number of hydrogen-bond donors (Lipinski definition) is 2. The number of nitrogens with zero attached hydrogens (tertiary/aromatic N) is 4. The Morgan fingerprint density at radius 3 is 2.37 bits per heavy atom. The van der Waals surface area contributed by atoms with E-state index in [9.17, 15) is 22.8 Å². The maximum Gasteiger partial charge on any atom is 0.490 e. The Kier molecular flexibility index (Phi) is 9.46. The molecule has 0 saturated carbocycles. The number of pyridine rings is 2. The van der Waals surface area contributed by atoms with Gasteiger partial charge >= 0.3 is 12.1 Å². The van der Waals surface area contributed by atoms with Gasteiger partial charge in [-0.1, -0.05) is 11.6 Å². The summed E-state index contributed by atoms with van der Waals surface area (Å²) in [6, 6.07) is 8.36. The van der Waals surface area contributed by atoms with Crippen molar-refractivity contribution in [2.24, 2.45) is 11.8 Å². The summed E-state index contributed by atoms with van der Waals surface area (Å²) < 4.78 is 42.5. The molecule has 3 unspecified atom stereocenters. The number of rotatable bonds is 7. The molecule has 220 valence electrons. The minimum atomic E-state index is -5.08. The molecule has 0 spiro atoms. The zero-order chi connectivity index (χ0) is 29.7. The highest BCUT2D eigenvalue weighted by Gasteiger charge is 2.45. The van der Waals surface area contributed by atoms with E-state index >= 15 is 0 Å². The molecule has 0 radical (unpaired) electrons. The number of carbonyl (C=O) groups is 3. The number of fused-ring (bicyclic) bond motifs is 2. The Bertz CT molecular complexity index is 1370. The van der Waals surface area contributed by atoms with Crippen LogP contribution in [0.15, 0.2) is 47.1 Å². The molecule has 0 bridgehead atoms. The molecule has 2 fully saturated rings. The molecule has 41 heavy (non-hydrogen) atoms. The number of furan rings is 1. The number of hydrogen-bond acceptors (Lipinski definition) is 8. The van der Waals surface area contributed by atoms with Crippen molar-refractivity contribution in [3.05, 3.63) is 59.2 Å². The van der Waals surface area contributed by atoms with Crippen LogP contribution in [-0.4, -0.2) is 95.3 Å². The number of likely N-dealkylation sites (tertiary alicyclic amines) is 2. The molecular formula is C26H27ClF3N5O6. The lowest BCUT2D eigenvalue weighted by Crippen LogP contribution is -2.42. The number of methoxy groups -OCH3 is 1. The minimum Gasteiger partial charge on any atom is -0.475 e. The van der Waals surface area contributed by atoms with Crippen molar-refractivity contribution >= 4 is 40.5 Å². The number of amides is 2. The third-order valence-electron chi connectivity index (χ3n) is 6.84. The van der Waals surface area contributed by atoms with Gasteiger partial charge in [0.25, 0.3) is 5.91 Å². The summed E-state index contributed by atoms with van der Waals surface area (Å²) >= 11 is 5.95. The number of carbonyl (C=O) groups excluding carboxylic acids is 2. The molecule has 3 aromatic rings. The predicted octanol–water partition coefficient (Wildman–Crippen LogP) is 3.02. The van der Waals surface area contributed by atoms with Crippen molar-refractivity contribution < 1.29 is 41.8 Å². The zero-order valence-corrected chi connectivity index (χ0v) is 22.6. The van der Waals surface area contributed by atoms with Crippen LogP contribution >= 0.6 is 11.6 Å². The Morgan fingerprint density at radius 2 is 1.78 bits per heavy atom. The minimum absolute atomic E-state index is 0.0513. The fourth-order valence-electron chi connectivity index (χ4n) is 5.01. The highest BCUT2D eigenvalue weighted by atomic mass is 35.5. The van der Waals surface area contributed by atoms with Gasteiger partial charge < -0.3 is 24.5 Å². The van der Waals surface area contributed by atoms with Crippen molar-refractivity contribution in [3.8, 4) is 0 Å². The maximum atomic E-state index is 13.1. The lowest BCUT2D eigenvalue weighted by molar-refractivity contribution is -0.192. The smallest absolute Gasteiger partial charge is 0.475 e. The van der Waals surface area contributed by atoms with Crippen LogP contribution in [0.1, 0.15) is 22.2 Å². The third-order valence-corrected chi connectivity index (χ3v) is 7.05. The van der Waals surface area contributed by atoms with Crippen molar-refractivity contribution in [1.29, 1.82) is 0 Å². The molecule has 0 aromatic carbocycles. The first-order chi connectivity index (χ1) is 19.5. The number of nitrogens with one attached hydrogen (secondary N) is 1. The first-order valence-corrected chi connectivity index (χ1v) is 12.9. The number of carboxylic acid groups (broad SMARTS) is 1. The van der Waals surface area contributed by atoms with Crippen LogP contribution in [0.4, 0.5) is 13.2 Å². The second kappa shape index (κ2) is 12.8. The molecule has 2 aliphatic rings. The summed E-state index contributed by atoms with van der Waals surface area (Å²) in [5, 5.41) is 10.5. The Labute approximate surface area is 237 Å². The maximum absolute atomic E-state index is 13.1. The van der Waals surface area contributed by atoms with Crippen LogP contribution in [0.25, 0.3) is 11.1 Å². The Morgan fingerprint density at radius 1 is 1.15 bits per heavy atom. The van der Waals surface area contributed by atoms with Gasteiger partial charge in [0.1, 0.15) is 16.7 Å². The third kappa shape index (κ3) is 7.31. The second-order valence-corrected chi connectivity index (χ2v) is 9.97. The molecule has 3 aromatic heterocycles. The SMILES string of the molecule is COCCNC(=O)C(c1ccncc1)N1CC2CN(C(=O)c3cc4nc(Cl)ccc4o3)CC2C1.O=C(O)C(F)(F)F. The van der Waals surface area contributed by atoms with Crippen molar-refractivity contribution in [1.82, 2.24) is 25.1 Å². The number of halogens is 4. The fourth-order valence-corrected chi connectivity index (χ4v) is 5.17. The van der Waals surface area contributed by atoms with Crippen molar-refractivity contribution in [2.75, 3.05) is 46.4 Å². The van der Waals surface area contributed by atoms with E-state index in [4.69, 9.17) is 30.7 Å². The molecule has 2 amide bonds. The average molecular weight is 598 g/mol. The van der Waals surface area contributed by atoms with Crippen LogP contribution in [0.2, 0.25) is 5.15 Å². The van der Waals surface area contributed by atoms with E-state index in [1.165, 1.54) is 0 Å². The lowest BCUT2D eigenvalue weighted by Gasteiger charge is -2.29. The molecule has 0 aliphatic carbocycles. The Balaban J connectivity index is 0.000000493. The van der Waals surface area contributed by atoms with Crippen molar-refractivity contribution in [3.63, 3.8) is 0 Å². The zero-order valence-electron chi connectivity index (χ0n) is 21.8. The monoisotopic (exact) mass is 597 g/mol. The summed E-state index contributed by atoms with van der Waals surface area (Å²) in [4.78, 5) is 47.4. The highest BCUT2D eigenvalue weighted by molar-refractivity contribution is 6.29. The van der Waals surface area contributed by atoms with Crippen LogP contribution in [0, 0.1) is 11.8 Å². The molecule has 2 saturated heterocycles. The quantitative estimate of drug-likeness (QED) is 0.311. The van der Waals surface area contributed by atoms with Gasteiger partial charge in [-0.15, -0.1) is 0 Å². The van der Waals surface area contributed by atoms with E-state index in [0.29, 0.717) is 42.5 Å². The number of aromatic nitrogens is 2. The average Bonchev–Trinajstić information content (AvgIpc) is 3.62. The standard InChI is InChI=1S/C24H26ClN5O4.C2HF3O2/c1-33-9-8-27-23(31)22(15-4-6-26-7-5-15)29-11-16-13-30(14-17(16)12-29)24(32)20-10-18-19(34-20)2-3-21(25)28-18;3-2(4,5)1(6)7/h2-7,10,16-17,22H,8-9,11-14H2,1H3,(H,27,31);(H,6,7). The summed E-state index contributed by atoms with van der Waals surface area (Å²) in [5.41, 5.74) is 2.02. The van der Waals surface area contributed by atoms with Crippen LogP contribution in [0.5, 0.6) is 0 Å². The molecule has 5 heterocycles. The van der Waals surface area contributed by atoms with Gasteiger partial charge in [-0.2, -0.15) is 13.2 Å². The Hall–Kier alpha value is -3.75. The van der Waals surface area contributed by atoms with Gasteiger partial charge in [-0.05, 0) is 41.7 Å². The first-order valence-electron chi connectivity index (χ1n) is 12.5. The van der Waals surface area contributed by atoms with E-state index in [0.717, 1.165) is 18.7 Å². The molecule has 15 heteroatoms. The predicted molar refractivity (Wildman–Crippen MR) is 139 cm³/mol. The molecule has 2 aliphatic heterocycles. The largest absolute Gasteiger partial charge is 0.490 e. The van der Waals surface area contributed by atoms with E-state index < -0.39 is 18.2 Å². The highest BCUT2D eigenvalue weighted by Crippen LogP contribution is 2.37. The van der Waals surface area contributed by atoms with Gasteiger partial charge in [0.2, 0.25) is 5.91 Å². The molecular weight excluding hydrogens is 571 g/mol. The number of ether oxygens (including phenoxy) is 1. The number of carboxylic acids is 1. The van der Waals surface area contributed by atoms with Gasteiger partial charge in [0.05, 0.1) is 6.61 Å². The van der Waals surface area contributed by atoms with Gasteiger partial charge in [0.15, 0.2) is 11.3 Å². The fraction of sp³-hybridized carbons (Fsp3) is 0.423. The van der Waals surface area contributed by atoms with Crippen molar-refractivity contribution in [2.45, 2.75) is 12.2 Å². The van der Waals surface area contributed by atoms with Gasteiger partial charge in [-0.25, -0.2) is 9.78 Å². The van der Waals surface area contributed by atoms with Gasteiger partial charge in [0, 0.05) is 58.3 Å². The summed E-state index contributed by atoms with van der Waals surface area (Å²) in [5.74, 6) is -2.10. The topological polar surface area (TPSA) is 138 Å². The van der Waals surface area contributed by atoms with Gasteiger partial charge in [-0.3, -0.25) is 19.5 Å². The second-order valence-electron chi connectivity index (χ2n) is 9.58. The van der Waals surface area contributed by atoms with Crippen LogP contribution in [-0.2, 0) is 14.3 Å². The van der Waals surface area contributed by atoms with E-state index in [-0.39, 0.29) is 29.4 Å². The number of aliphatic carboxylic acids is 1. The van der Waals surface area contributed by atoms with E-state index in [1.807, 2.05) is 17.0 Å². The van der Waals surface area contributed by atoms with E-state index in [2.05, 4.69) is 20.2 Å². The molecule has 11 nitrogen and oxygen atoms in total. The van der Waals surface area contributed by atoms with Crippen LogP contribution < -0.4 is 5.32 Å². The summed E-state index contributed by atoms with van der Waals surface area (Å²) in [7, 11) is 1.61. The lowest BCUT2D eigenvalue weighted by atomic mass is 10.0. The normalized spacial score (nSPS) is 19.4. The number of alkyl halides is 3. The van der Waals surface area contributed by atoms with Crippen LogP contribution in [0.3, 0.4) is 0 Å².